The minimum atomic E-state index is -0.783. The third kappa shape index (κ3) is 8.51. The molecule has 37 heavy (non-hydrogen) atoms. The van der Waals surface area contributed by atoms with Gasteiger partial charge in [0, 0.05) is 13.1 Å². The van der Waals surface area contributed by atoms with Crippen molar-refractivity contribution in [3.63, 3.8) is 0 Å². The zero-order chi connectivity index (χ0) is 27.5. The topological polar surface area (TPSA) is 121 Å². The molecule has 0 bridgehead atoms. The van der Waals surface area contributed by atoms with Crippen LogP contribution < -0.4 is 20.1 Å². The maximum atomic E-state index is 13.3. The lowest BCUT2D eigenvalue weighted by Gasteiger charge is -2.19. The van der Waals surface area contributed by atoms with Crippen LogP contribution in [-0.2, 0) is 20.9 Å². The van der Waals surface area contributed by atoms with E-state index >= 15 is 0 Å². The Balaban J connectivity index is 2.32. The van der Waals surface area contributed by atoms with Gasteiger partial charge in [-0.2, -0.15) is 5.10 Å². The fourth-order valence-corrected chi connectivity index (χ4v) is 3.90. The lowest BCUT2D eigenvalue weighted by molar-refractivity contribution is -0.143. The van der Waals surface area contributed by atoms with Crippen molar-refractivity contribution >= 4 is 17.8 Å². The monoisotopic (exact) mass is 516 g/mol. The summed E-state index contributed by atoms with van der Waals surface area (Å²) in [6, 6.07) is 6.37. The van der Waals surface area contributed by atoms with Crippen LogP contribution in [0.15, 0.2) is 24.3 Å². The molecular weight excluding hydrogens is 476 g/mol. The van der Waals surface area contributed by atoms with E-state index in [1.165, 1.54) is 0 Å². The molecule has 0 spiro atoms. The molecule has 2 N–H and O–H groups in total. The van der Waals surface area contributed by atoms with Gasteiger partial charge in [0.15, 0.2) is 5.69 Å². The predicted octanol–water partition coefficient (Wildman–Crippen LogP) is 3.44. The van der Waals surface area contributed by atoms with Crippen LogP contribution >= 0.6 is 0 Å². The molecule has 0 aliphatic heterocycles. The van der Waals surface area contributed by atoms with E-state index < -0.39 is 11.9 Å². The standard InChI is InChI=1S/C27H40N4O6/c1-8-37-24(32)12-13-28-26(33)19(14-17(2)3)29-27(34)20-15-21(31(30-20)16-18(4)5)25-22(35-6)10-9-11-23(25)36-7/h9-11,15,17-19H,8,12-14,16H2,1-7H3,(H,28,33)(H,29,34). The second kappa shape index (κ2) is 14.2. The maximum absolute atomic E-state index is 13.3. The number of ether oxygens (including phenoxy) is 3. The van der Waals surface area contributed by atoms with Crippen LogP contribution in [0.25, 0.3) is 11.3 Å². The summed E-state index contributed by atoms with van der Waals surface area (Å²) in [5, 5.41) is 10.1. The van der Waals surface area contributed by atoms with E-state index in [1.807, 2.05) is 32.0 Å². The highest BCUT2D eigenvalue weighted by Gasteiger charge is 2.26. The van der Waals surface area contributed by atoms with Gasteiger partial charge in [-0.1, -0.05) is 33.8 Å². The smallest absolute Gasteiger partial charge is 0.307 e. The molecular formula is C27H40N4O6. The lowest BCUT2D eigenvalue weighted by atomic mass is 10.0. The average Bonchev–Trinajstić information content (AvgIpc) is 3.25. The molecule has 10 heteroatoms. The molecule has 1 atom stereocenters. The number of methoxy groups -OCH3 is 2. The zero-order valence-electron chi connectivity index (χ0n) is 22.9. The second-order valence-electron chi connectivity index (χ2n) is 9.53. The normalized spacial score (nSPS) is 11.8. The van der Waals surface area contributed by atoms with Crippen LogP contribution in [0.4, 0.5) is 0 Å². The van der Waals surface area contributed by atoms with E-state index in [9.17, 15) is 14.4 Å². The quantitative estimate of drug-likeness (QED) is 0.369. The highest BCUT2D eigenvalue weighted by atomic mass is 16.5. The molecule has 0 saturated heterocycles. The van der Waals surface area contributed by atoms with Crippen LogP contribution in [0.5, 0.6) is 11.5 Å². The number of aromatic nitrogens is 2. The van der Waals surface area contributed by atoms with Gasteiger partial charge >= 0.3 is 5.97 Å². The highest BCUT2D eigenvalue weighted by Crippen LogP contribution is 2.38. The predicted molar refractivity (Wildman–Crippen MR) is 141 cm³/mol. The minimum Gasteiger partial charge on any atom is -0.496 e. The summed E-state index contributed by atoms with van der Waals surface area (Å²) in [7, 11) is 3.15. The maximum Gasteiger partial charge on any atom is 0.307 e. The van der Waals surface area contributed by atoms with Gasteiger partial charge in [-0.3, -0.25) is 19.1 Å². The number of esters is 1. The molecule has 0 aliphatic rings. The molecule has 2 amide bonds. The Bertz CT molecular complexity index is 1040. The number of nitrogens with zero attached hydrogens (tertiary/aromatic N) is 2. The number of carbonyl (C=O) groups is 3. The first-order chi connectivity index (χ1) is 17.6. The van der Waals surface area contributed by atoms with Gasteiger partial charge < -0.3 is 24.8 Å². The summed E-state index contributed by atoms with van der Waals surface area (Å²) in [6.45, 7) is 10.8. The van der Waals surface area contributed by atoms with Crippen LogP contribution in [0.3, 0.4) is 0 Å². The summed E-state index contributed by atoms with van der Waals surface area (Å²) in [6.07, 6.45) is 0.489. The Labute approximate surface area is 219 Å². The molecule has 0 aliphatic carbocycles. The molecule has 2 aromatic rings. The van der Waals surface area contributed by atoms with Crippen LogP contribution in [0.2, 0.25) is 0 Å². The fourth-order valence-electron chi connectivity index (χ4n) is 3.90. The number of amides is 2. The van der Waals surface area contributed by atoms with Gasteiger partial charge in [0.2, 0.25) is 5.91 Å². The molecule has 1 aromatic heterocycles. The van der Waals surface area contributed by atoms with Crippen molar-refractivity contribution in [1.82, 2.24) is 20.4 Å². The summed E-state index contributed by atoms with van der Waals surface area (Å²) in [5.41, 5.74) is 1.54. The Morgan fingerprint density at radius 3 is 2.22 bits per heavy atom. The van der Waals surface area contributed by atoms with Crippen molar-refractivity contribution in [3.8, 4) is 22.8 Å². The van der Waals surface area contributed by atoms with E-state index in [0.717, 1.165) is 0 Å². The Morgan fingerprint density at radius 1 is 1.03 bits per heavy atom. The number of hydrogen-bond acceptors (Lipinski definition) is 7. The molecule has 0 saturated carbocycles. The first-order valence-corrected chi connectivity index (χ1v) is 12.6. The van der Waals surface area contributed by atoms with E-state index in [0.29, 0.717) is 35.7 Å². The van der Waals surface area contributed by atoms with Crippen molar-refractivity contribution in [2.75, 3.05) is 27.4 Å². The van der Waals surface area contributed by atoms with Crippen LogP contribution in [0, 0.1) is 11.8 Å². The van der Waals surface area contributed by atoms with Gasteiger partial charge in [-0.15, -0.1) is 0 Å². The van der Waals surface area contributed by atoms with Crippen molar-refractivity contribution in [3.05, 3.63) is 30.0 Å². The number of carbonyl (C=O) groups excluding carboxylic acids is 3. The molecule has 204 valence electrons. The Hall–Kier alpha value is -3.56. The summed E-state index contributed by atoms with van der Waals surface area (Å²) < 4.78 is 17.8. The van der Waals surface area contributed by atoms with E-state index in [-0.39, 0.29) is 49.0 Å². The molecule has 0 fully saturated rings. The van der Waals surface area contributed by atoms with Gasteiger partial charge in [0.1, 0.15) is 17.5 Å². The Morgan fingerprint density at radius 2 is 1.68 bits per heavy atom. The Kier molecular flexibility index (Phi) is 11.4. The molecule has 1 heterocycles. The third-order valence-corrected chi connectivity index (χ3v) is 5.50. The first-order valence-electron chi connectivity index (χ1n) is 12.6. The summed E-state index contributed by atoms with van der Waals surface area (Å²) >= 11 is 0. The van der Waals surface area contributed by atoms with Gasteiger partial charge in [-0.25, -0.2) is 0 Å². The third-order valence-electron chi connectivity index (χ3n) is 5.50. The van der Waals surface area contributed by atoms with Gasteiger partial charge in [0.05, 0.1) is 38.5 Å². The number of rotatable bonds is 14. The second-order valence-corrected chi connectivity index (χ2v) is 9.53. The number of benzene rings is 1. The molecule has 0 radical (unpaired) electrons. The van der Waals surface area contributed by atoms with Crippen molar-refractivity contribution in [1.29, 1.82) is 0 Å². The lowest BCUT2D eigenvalue weighted by Crippen LogP contribution is -2.48. The summed E-state index contributed by atoms with van der Waals surface area (Å²) in [4.78, 5) is 37.7. The van der Waals surface area contributed by atoms with Crippen molar-refractivity contribution in [2.45, 2.75) is 60.0 Å². The van der Waals surface area contributed by atoms with Crippen molar-refractivity contribution in [2.24, 2.45) is 11.8 Å². The highest BCUT2D eigenvalue weighted by molar-refractivity contribution is 5.97. The minimum absolute atomic E-state index is 0.0611. The number of hydrogen-bond donors (Lipinski definition) is 2. The number of nitrogens with one attached hydrogen (secondary N) is 2. The zero-order valence-corrected chi connectivity index (χ0v) is 22.9. The largest absolute Gasteiger partial charge is 0.496 e. The van der Waals surface area contributed by atoms with E-state index in [4.69, 9.17) is 14.2 Å². The van der Waals surface area contributed by atoms with Crippen molar-refractivity contribution < 1.29 is 28.6 Å². The van der Waals surface area contributed by atoms with Crippen LogP contribution in [0.1, 0.15) is 57.9 Å². The fraction of sp³-hybridized carbons (Fsp3) is 0.556. The molecule has 1 unspecified atom stereocenters. The van der Waals surface area contributed by atoms with Crippen LogP contribution in [-0.4, -0.2) is 61.0 Å². The van der Waals surface area contributed by atoms with Gasteiger partial charge in [0.25, 0.3) is 5.91 Å². The first kappa shape index (κ1) is 29.7. The average molecular weight is 517 g/mol. The molecule has 1 aromatic carbocycles. The van der Waals surface area contributed by atoms with Gasteiger partial charge in [-0.05, 0) is 43.4 Å². The molecule has 2 rings (SSSR count). The van der Waals surface area contributed by atoms with E-state index in [1.54, 1.807) is 31.9 Å². The molecule has 10 nitrogen and oxygen atoms in total. The SMILES string of the molecule is CCOC(=O)CCNC(=O)C(CC(C)C)NC(=O)c1cc(-c2c(OC)cccc2OC)n(CC(C)C)n1. The summed E-state index contributed by atoms with van der Waals surface area (Å²) in [5.74, 6) is 0.373. The van der Waals surface area contributed by atoms with E-state index in [2.05, 4.69) is 29.6 Å².